The Labute approximate surface area is 151 Å². The molecule has 0 fully saturated rings. The maximum Gasteiger partial charge on any atom is 2.00 e. The summed E-state index contributed by atoms with van der Waals surface area (Å²) in [5.74, 6) is 0. The van der Waals surface area contributed by atoms with Gasteiger partial charge in [0, 0.05) is 16.1 Å². The number of hydrogen-bond donors (Lipinski definition) is 1. The van der Waals surface area contributed by atoms with Gasteiger partial charge in [0.1, 0.15) is 0 Å². The van der Waals surface area contributed by atoms with Gasteiger partial charge in [-0.15, -0.1) is 12.1 Å². The molecule has 116 valence electrons. The Morgan fingerprint density at radius 3 is 2.30 bits per heavy atom. The number of halogens is 1. The topological polar surface area (TPSA) is 38.9 Å². The van der Waals surface area contributed by atoms with Crippen molar-refractivity contribution in [3.05, 3.63) is 83.9 Å². The second-order valence-electron chi connectivity index (χ2n) is 4.89. The summed E-state index contributed by atoms with van der Waals surface area (Å²) < 4.78 is 0. The molecule has 4 aromatic rings. The van der Waals surface area contributed by atoms with Gasteiger partial charge in [0.2, 0.25) is 0 Å². The molecule has 0 saturated carbocycles. The van der Waals surface area contributed by atoms with Gasteiger partial charge in [-0.2, -0.15) is 30.3 Å². The summed E-state index contributed by atoms with van der Waals surface area (Å²) in [6.07, 6.45) is 0. The summed E-state index contributed by atoms with van der Waals surface area (Å²) >= 11 is 5.97. The second kappa shape index (κ2) is 7.98. The van der Waals surface area contributed by atoms with Crippen LogP contribution in [-0.2, 0) is 17.1 Å². The molecule has 23 heavy (non-hydrogen) atoms. The van der Waals surface area contributed by atoms with Crippen LogP contribution < -0.4 is 5.73 Å². The zero-order valence-corrected chi connectivity index (χ0v) is 14.1. The predicted octanol–water partition coefficient (Wildman–Crippen LogP) is 5.26. The summed E-state index contributed by atoms with van der Waals surface area (Å²) in [4.78, 5) is 4.57. The largest absolute Gasteiger partial charge is 2.00 e. The van der Waals surface area contributed by atoms with E-state index in [2.05, 4.69) is 4.98 Å². The van der Waals surface area contributed by atoms with E-state index in [4.69, 9.17) is 17.3 Å². The normalized spacial score (nSPS) is 9.78. The zero-order valence-electron chi connectivity index (χ0n) is 12.3. The Hall–Kier alpha value is -2.06. The van der Waals surface area contributed by atoms with E-state index in [-0.39, 0.29) is 17.1 Å². The molecule has 0 spiro atoms. The first-order chi connectivity index (χ1) is 10.7. The maximum atomic E-state index is 6.03. The van der Waals surface area contributed by atoms with E-state index < -0.39 is 0 Å². The van der Waals surface area contributed by atoms with Gasteiger partial charge in [0.15, 0.2) is 0 Å². The fraction of sp³-hybridized carbons (Fsp3) is 0. The van der Waals surface area contributed by atoms with Crippen LogP contribution in [0.5, 0.6) is 0 Å². The first-order valence-corrected chi connectivity index (χ1v) is 7.36. The molecule has 4 rings (SSSR count). The number of benzene rings is 1. The van der Waals surface area contributed by atoms with E-state index in [1.807, 2.05) is 78.9 Å². The zero-order chi connectivity index (χ0) is 15.4. The first kappa shape index (κ1) is 17.3. The number of aromatic nitrogens is 1. The molecule has 4 heteroatoms. The maximum absolute atomic E-state index is 6.03. The van der Waals surface area contributed by atoms with Crippen LogP contribution in [0.4, 0.5) is 5.69 Å². The van der Waals surface area contributed by atoms with Gasteiger partial charge in [-0.05, 0) is 17.8 Å². The van der Waals surface area contributed by atoms with Gasteiger partial charge < -0.3 is 5.73 Å². The number of rotatable bonds is 1. The number of fused-ring (bicyclic) bond motifs is 1. The smallest absolute Gasteiger partial charge is 0.406 e. The second-order valence-corrected chi connectivity index (χ2v) is 5.33. The molecule has 2 N–H and O–H groups in total. The summed E-state index contributed by atoms with van der Waals surface area (Å²) in [6.45, 7) is 0. The molecule has 2 nitrogen and oxygen atoms in total. The number of nitrogens with two attached hydrogens (primary N) is 1. The van der Waals surface area contributed by atoms with E-state index in [1.165, 1.54) is 0 Å². The third kappa shape index (κ3) is 4.23. The molecule has 0 aliphatic carbocycles. The van der Waals surface area contributed by atoms with Crippen LogP contribution in [0.15, 0.2) is 78.9 Å². The molecule has 0 saturated heterocycles. The molecular weight excluding hydrogens is 348 g/mol. The van der Waals surface area contributed by atoms with Crippen LogP contribution in [-0.4, -0.2) is 4.98 Å². The Bertz CT molecular complexity index is 835. The number of hydrogen-bond acceptors (Lipinski definition) is 2. The summed E-state index contributed by atoms with van der Waals surface area (Å²) in [5, 5.41) is 1.61. The number of pyridine rings is 1. The SMILES string of the molecule is Nc1cc(-[c-]2cccc2)nc2cc(Cl)ccc12.[Fe+2].c1cc[cH-]c1. The van der Waals surface area contributed by atoms with Crippen LogP contribution in [0.1, 0.15) is 0 Å². The van der Waals surface area contributed by atoms with Gasteiger partial charge in [0.05, 0.1) is 5.52 Å². The summed E-state index contributed by atoms with van der Waals surface area (Å²) in [7, 11) is 0. The van der Waals surface area contributed by atoms with Gasteiger partial charge in [0.25, 0.3) is 0 Å². The van der Waals surface area contributed by atoms with E-state index >= 15 is 0 Å². The molecule has 0 bridgehead atoms. The van der Waals surface area contributed by atoms with E-state index in [1.54, 1.807) is 0 Å². The van der Waals surface area contributed by atoms with Gasteiger partial charge >= 0.3 is 17.1 Å². The number of nitrogen functional groups attached to an aromatic ring is 1. The molecular formula is C19H15ClFeN2. The van der Waals surface area contributed by atoms with Gasteiger partial charge in [-0.1, -0.05) is 29.3 Å². The Balaban J connectivity index is 0.000000276. The number of nitrogens with zero attached hydrogens (tertiary/aromatic N) is 1. The van der Waals surface area contributed by atoms with E-state index in [9.17, 15) is 0 Å². The number of anilines is 1. The van der Waals surface area contributed by atoms with Crippen LogP contribution >= 0.6 is 11.6 Å². The molecule has 1 aromatic heterocycles. The van der Waals surface area contributed by atoms with E-state index in [0.717, 1.165) is 27.8 Å². The van der Waals surface area contributed by atoms with Crippen molar-refractivity contribution in [1.82, 2.24) is 4.98 Å². The minimum Gasteiger partial charge on any atom is -0.406 e. The van der Waals surface area contributed by atoms with Crippen LogP contribution in [0.25, 0.3) is 22.2 Å². The molecule has 0 unspecified atom stereocenters. The van der Waals surface area contributed by atoms with Gasteiger partial charge in [-0.3, -0.25) is 4.98 Å². The standard InChI is InChI=1S/C14H10ClN2.C5H5.Fe/c15-10-5-6-11-12(16)8-13(17-14(11)7-10)9-3-1-2-4-9;1-2-4-5-3-1;/h1-8H,(H2,16,17);1-5H;/q2*-1;+2. The predicted molar refractivity (Wildman–Crippen MR) is 94.2 cm³/mol. The molecule has 0 aliphatic heterocycles. The average Bonchev–Trinajstić information content (AvgIpc) is 3.23. The Morgan fingerprint density at radius 2 is 1.70 bits per heavy atom. The molecule has 0 aliphatic rings. The third-order valence-corrected chi connectivity index (χ3v) is 3.55. The fourth-order valence-corrected chi connectivity index (χ4v) is 2.41. The monoisotopic (exact) mass is 362 g/mol. The van der Waals surface area contributed by atoms with Crippen molar-refractivity contribution in [3.63, 3.8) is 0 Å². The van der Waals surface area contributed by atoms with Crippen molar-refractivity contribution in [2.75, 3.05) is 5.73 Å². The van der Waals surface area contributed by atoms with Crippen LogP contribution in [0.2, 0.25) is 5.02 Å². The van der Waals surface area contributed by atoms with Crippen molar-refractivity contribution in [1.29, 1.82) is 0 Å². The minimum absolute atomic E-state index is 0. The fourth-order valence-electron chi connectivity index (χ4n) is 2.24. The molecule has 1 heterocycles. The van der Waals surface area contributed by atoms with Crippen molar-refractivity contribution in [2.45, 2.75) is 0 Å². The van der Waals surface area contributed by atoms with Gasteiger partial charge in [-0.25, -0.2) is 12.1 Å². The van der Waals surface area contributed by atoms with Crippen molar-refractivity contribution >= 4 is 28.2 Å². The van der Waals surface area contributed by atoms with Crippen LogP contribution in [0, 0.1) is 0 Å². The van der Waals surface area contributed by atoms with E-state index in [0.29, 0.717) is 5.02 Å². The quantitative estimate of drug-likeness (QED) is 0.370. The average molecular weight is 363 g/mol. The minimum atomic E-state index is 0. The summed E-state index contributed by atoms with van der Waals surface area (Å²) in [5.41, 5.74) is 9.53. The summed E-state index contributed by atoms with van der Waals surface area (Å²) in [6, 6.07) is 25.4. The molecule has 0 radical (unpaired) electrons. The van der Waals surface area contributed by atoms with Crippen molar-refractivity contribution < 1.29 is 17.1 Å². The molecule has 0 amide bonds. The molecule has 0 atom stereocenters. The van der Waals surface area contributed by atoms with Crippen molar-refractivity contribution in [3.8, 4) is 11.3 Å². The Morgan fingerprint density at radius 1 is 1.00 bits per heavy atom. The Kier molecular flexibility index (Phi) is 6.00. The van der Waals surface area contributed by atoms with Crippen molar-refractivity contribution in [2.24, 2.45) is 0 Å². The molecule has 3 aromatic carbocycles. The van der Waals surface area contributed by atoms with Crippen LogP contribution in [0.3, 0.4) is 0 Å². The first-order valence-electron chi connectivity index (χ1n) is 6.98. The third-order valence-electron chi connectivity index (χ3n) is 3.32.